The molecule has 0 atom stereocenters. The summed E-state index contributed by atoms with van der Waals surface area (Å²) in [7, 11) is -2.77. The first-order valence-corrected chi connectivity index (χ1v) is 8.80. The van der Waals surface area contributed by atoms with Crippen molar-refractivity contribution in [1.82, 2.24) is 4.90 Å². The van der Waals surface area contributed by atoms with Gasteiger partial charge in [0.25, 0.3) is 0 Å². The zero-order valence-corrected chi connectivity index (χ0v) is 12.6. The van der Waals surface area contributed by atoms with Crippen LogP contribution in [0.5, 0.6) is 0 Å². The van der Waals surface area contributed by atoms with Gasteiger partial charge in [-0.2, -0.15) is 0 Å². The summed E-state index contributed by atoms with van der Waals surface area (Å²) in [4.78, 5) is 2.29. The molecule has 4 nitrogen and oxygen atoms in total. The predicted molar refractivity (Wildman–Crippen MR) is 76.4 cm³/mol. The van der Waals surface area contributed by atoms with Gasteiger partial charge in [-0.15, -0.1) is 0 Å². The molecule has 1 aliphatic rings. The van der Waals surface area contributed by atoms with Crippen molar-refractivity contribution in [3.05, 3.63) is 0 Å². The molecule has 1 saturated heterocycles. The summed E-state index contributed by atoms with van der Waals surface area (Å²) in [5, 5.41) is 0. The molecule has 0 aliphatic carbocycles. The third-order valence-corrected chi connectivity index (χ3v) is 5.49. The Morgan fingerprint density at radius 1 is 1.17 bits per heavy atom. The quantitative estimate of drug-likeness (QED) is 0.742. The Balaban J connectivity index is 2.20. The molecule has 0 aromatic heterocycles. The van der Waals surface area contributed by atoms with Gasteiger partial charge in [-0.25, -0.2) is 8.42 Å². The first-order valence-electron chi connectivity index (χ1n) is 6.97. The van der Waals surface area contributed by atoms with Gasteiger partial charge in [0.15, 0.2) is 9.84 Å². The number of rotatable bonds is 6. The topological polar surface area (TPSA) is 63.4 Å². The molecule has 0 saturated carbocycles. The van der Waals surface area contributed by atoms with E-state index in [1.54, 1.807) is 0 Å². The van der Waals surface area contributed by atoms with Crippen LogP contribution < -0.4 is 5.73 Å². The largest absolute Gasteiger partial charge is 0.330 e. The van der Waals surface area contributed by atoms with Crippen LogP contribution in [0.4, 0.5) is 0 Å². The lowest BCUT2D eigenvalue weighted by atomic mass is 9.87. The van der Waals surface area contributed by atoms with E-state index in [1.165, 1.54) is 6.42 Å². The van der Waals surface area contributed by atoms with E-state index < -0.39 is 9.84 Å². The first kappa shape index (κ1) is 15.9. The molecule has 0 spiro atoms. The number of hydrogen-bond acceptors (Lipinski definition) is 4. The summed E-state index contributed by atoms with van der Waals surface area (Å²) < 4.78 is 23.0. The number of nitrogens with two attached hydrogens (primary N) is 1. The minimum Gasteiger partial charge on any atom is -0.330 e. The summed E-state index contributed by atoms with van der Waals surface area (Å²) in [5.41, 5.74) is 5.94. The Morgan fingerprint density at radius 2 is 1.89 bits per heavy atom. The van der Waals surface area contributed by atoms with Gasteiger partial charge in [-0.1, -0.05) is 20.3 Å². The van der Waals surface area contributed by atoms with E-state index in [0.717, 1.165) is 38.9 Å². The van der Waals surface area contributed by atoms with E-state index in [0.29, 0.717) is 18.1 Å². The molecular formula is C13H28N2O2S. The lowest BCUT2D eigenvalue weighted by Gasteiger charge is -2.23. The first-order chi connectivity index (χ1) is 8.35. The molecule has 0 unspecified atom stereocenters. The molecule has 18 heavy (non-hydrogen) atoms. The lowest BCUT2D eigenvalue weighted by Crippen LogP contribution is -2.28. The number of nitrogens with zero attached hydrogens (tertiary/aromatic N) is 1. The van der Waals surface area contributed by atoms with Crippen molar-refractivity contribution in [3.63, 3.8) is 0 Å². The van der Waals surface area contributed by atoms with E-state index in [-0.39, 0.29) is 5.41 Å². The molecule has 0 aromatic carbocycles. The molecule has 0 aromatic rings. The van der Waals surface area contributed by atoms with Crippen molar-refractivity contribution < 1.29 is 8.42 Å². The second-order valence-electron chi connectivity index (χ2n) is 6.17. The van der Waals surface area contributed by atoms with Crippen LogP contribution >= 0.6 is 0 Å². The van der Waals surface area contributed by atoms with Crippen molar-refractivity contribution in [2.45, 2.75) is 39.5 Å². The highest BCUT2D eigenvalue weighted by atomic mass is 32.2. The fourth-order valence-corrected chi connectivity index (χ4v) is 3.56. The third kappa shape index (κ3) is 6.16. The highest BCUT2D eigenvalue weighted by Gasteiger charge is 2.19. The van der Waals surface area contributed by atoms with Gasteiger partial charge < -0.3 is 10.6 Å². The van der Waals surface area contributed by atoms with Gasteiger partial charge >= 0.3 is 0 Å². The van der Waals surface area contributed by atoms with Gasteiger partial charge in [0.05, 0.1) is 11.5 Å². The standard InChI is InChI=1S/C13H28N2O2S/c1-13(2,12-14)6-3-4-7-15-8-5-10-18(16,17)11-9-15/h3-12,14H2,1-2H3. The van der Waals surface area contributed by atoms with Crippen LogP contribution in [0.15, 0.2) is 0 Å². The highest BCUT2D eigenvalue weighted by Crippen LogP contribution is 2.21. The summed E-state index contributed by atoms with van der Waals surface area (Å²) >= 11 is 0. The minimum atomic E-state index is -2.77. The van der Waals surface area contributed by atoms with Crippen LogP contribution in [0.2, 0.25) is 0 Å². The van der Waals surface area contributed by atoms with E-state index in [2.05, 4.69) is 18.7 Å². The lowest BCUT2D eigenvalue weighted by molar-refractivity contribution is 0.271. The molecule has 1 fully saturated rings. The van der Waals surface area contributed by atoms with Crippen molar-refractivity contribution in [3.8, 4) is 0 Å². The second-order valence-corrected chi connectivity index (χ2v) is 8.48. The van der Waals surface area contributed by atoms with Crippen LogP contribution in [0.3, 0.4) is 0 Å². The summed E-state index contributed by atoms with van der Waals surface area (Å²) in [6, 6.07) is 0. The molecule has 0 amide bonds. The van der Waals surface area contributed by atoms with Crippen LogP contribution in [0.1, 0.15) is 39.5 Å². The molecular weight excluding hydrogens is 248 g/mol. The number of hydrogen-bond donors (Lipinski definition) is 1. The predicted octanol–water partition coefficient (Wildman–Crippen LogP) is 1.26. The monoisotopic (exact) mass is 276 g/mol. The second kappa shape index (κ2) is 6.87. The highest BCUT2D eigenvalue weighted by molar-refractivity contribution is 7.91. The third-order valence-electron chi connectivity index (χ3n) is 3.78. The van der Waals surface area contributed by atoms with Crippen LogP contribution in [0, 0.1) is 5.41 Å². The number of sulfone groups is 1. The molecule has 1 aliphatic heterocycles. The van der Waals surface area contributed by atoms with Crippen LogP contribution in [0.25, 0.3) is 0 Å². The van der Waals surface area contributed by atoms with Crippen molar-refractivity contribution >= 4 is 9.84 Å². The van der Waals surface area contributed by atoms with E-state index in [4.69, 9.17) is 5.73 Å². The molecule has 0 bridgehead atoms. The van der Waals surface area contributed by atoms with Gasteiger partial charge in [-0.3, -0.25) is 0 Å². The summed E-state index contributed by atoms with van der Waals surface area (Å²) in [6.45, 7) is 7.80. The van der Waals surface area contributed by atoms with Crippen molar-refractivity contribution in [2.75, 3.05) is 37.7 Å². The van der Waals surface area contributed by atoms with Gasteiger partial charge in [-0.05, 0) is 44.3 Å². The zero-order valence-electron chi connectivity index (χ0n) is 11.8. The van der Waals surface area contributed by atoms with Crippen LogP contribution in [-0.2, 0) is 9.84 Å². The molecule has 0 radical (unpaired) electrons. The Labute approximate surface area is 112 Å². The zero-order chi connectivity index (χ0) is 13.6. The Bertz CT molecular complexity index is 339. The van der Waals surface area contributed by atoms with Crippen molar-refractivity contribution in [2.24, 2.45) is 11.1 Å². The van der Waals surface area contributed by atoms with Crippen molar-refractivity contribution in [1.29, 1.82) is 0 Å². The fraction of sp³-hybridized carbons (Fsp3) is 1.00. The fourth-order valence-electron chi connectivity index (χ4n) is 2.25. The van der Waals surface area contributed by atoms with Gasteiger partial charge in [0, 0.05) is 6.54 Å². The average molecular weight is 276 g/mol. The van der Waals surface area contributed by atoms with Crippen LogP contribution in [-0.4, -0.2) is 51.0 Å². The molecule has 1 heterocycles. The summed E-state index contributed by atoms with van der Waals surface area (Å²) in [6.07, 6.45) is 4.25. The maximum Gasteiger partial charge on any atom is 0.151 e. The maximum atomic E-state index is 11.5. The van der Waals surface area contributed by atoms with E-state index >= 15 is 0 Å². The molecule has 1 rings (SSSR count). The SMILES string of the molecule is CC(C)(CN)CCCCN1CCCS(=O)(=O)CC1. The maximum absolute atomic E-state index is 11.5. The smallest absolute Gasteiger partial charge is 0.151 e. The molecule has 2 N–H and O–H groups in total. The van der Waals surface area contributed by atoms with Gasteiger partial charge in [0.1, 0.15) is 0 Å². The average Bonchev–Trinajstić information content (AvgIpc) is 2.46. The Kier molecular flexibility index (Phi) is 6.08. The minimum absolute atomic E-state index is 0.238. The normalized spacial score (nSPS) is 21.7. The molecule has 5 heteroatoms. The molecule has 108 valence electrons. The number of unbranched alkanes of at least 4 members (excludes halogenated alkanes) is 1. The van der Waals surface area contributed by atoms with E-state index in [1.807, 2.05) is 0 Å². The van der Waals surface area contributed by atoms with E-state index in [9.17, 15) is 8.42 Å². The van der Waals surface area contributed by atoms with Gasteiger partial charge in [0.2, 0.25) is 0 Å². The Morgan fingerprint density at radius 3 is 2.56 bits per heavy atom. The Hall–Kier alpha value is -0.130. The summed E-state index contributed by atoms with van der Waals surface area (Å²) in [5.74, 6) is 0.699.